The largest absolute Gasteiger partial charge is 0.481 e. The Morgan fingerprint density at radius 2 is 2.25 bits per heavy atom. The zero-order chi connectivity index (χ0) is 12.1. The van der Waals surface area contributed by atoms with Crippen molar-refractivity contribution < 1.29 is 19.4 Å². The summed E-state index contributed by atoms with van der Waals surface area (Å²) < 4.78 is 4.44. The van der Waals surface area contributed by atoms with E-state index < -0.39 is 11.9 Å². The van der Waals surface area contributed by atoms with Crippen LogP contribution in [-0.4, -0.2) is 29.1 Å². The van der Waals surface area contributed by atoms with Gasteiger partial charge in [0.2, 0.25) is 0 Å². The van der Waals surface area contributed by atoms with Crippen molar-refractivity contribution in [3.63, 3.8) is 0 Å². The second-order valence-corrected chi connectivity index (χ2v) is 2.92. The molecule has 1 rings (SSSR count). The number of carboxylic acid groups (broad SMARTS) is 1. The Bertz CT molecular complexity index is 476. The fourth-order valence-corrected chi connectivity index (χ4v) is 1.13. The Morgan fingerprint density at radius 3 is 2.75 bits per heavy atom. The van der Waals surface area contributed by atoms with Gasteiger partial charge in [-0.3, -0.25) is 4.79 Å². The van der Waals surface area contributed by atoms with Gasteiger partial charge in [0.25, 0.3) is 0 Å². The molecule has 1 N–H and O–H groups in total. The summed E-state index contributed by atoms with van der Waals surface area (Å²) in [4.78, 5) is 25.4. The van der Waals surface area contributed by atoms with Gasteiger partial charge in [-0.1, -0.05) is 0 Å². The number of carboxylic acids is 1. The summed E-state index contributed by atoms with van der Waals surface area (Å²) in [5, 5.41) is 17.3. The van der Waals surface area contributed by atoms with E-state index in [1.807, 2.05) is 0 Å². The Labute approximate surface area is 91.1 Å². The number of ether oxygens (including phenoxy) is 1. The maximum atomic E-state index is 11.2. The number of carbonyl (C=O) groups excluding carboxylic acids is 1. The molecule has 1 aromatic rings. The Morgan fingerprint density at radius 1 is 1.56 bits per heavy atom. The number of nitriles is 1. The van der Waals surface area contributed by atoms with E-state index in [0.29, 0.717) is 5.56 Å². The molecule has 82 valence electrons. The van der Waals surface area contributed by atoms with E-state index in [1.54, 1.807) is 6.07 Å². The Kier molecular flexibility index (Phi) is 3.56. The molecule has 0 fully saturated rings. The maximum absolute atomic E-state index is 11.2. The molecule has 0 atom stereocenters. The molecule has 1 heterocycles. The monoisotopic (exact) mass is 220 g/mol. The summed E-state index contributed by atoms with van der Waals surface area (Å²) >= 11 is 0. The molecular formula is C10H8N2O4. The highest BCUT2D eigenvalue weighted by atomic mass is 16.5. The number of pyridine rings is 1. The van der Waals surface area contributed by atoms with Crippen LogP contribution in [0.5, 0.6) is 0 Å². The molecule has 16 heavy (non-hydrogen) atoms. The summed E-state index contributed by atoms with van der Waals surface area (Å²) in [5.41, 5.74) is 0.247. The standard InChI is InChI=1S/C10H8N2O4/c1-16-10(15)8-3-6(4-9(13)14)2-7(5-11)12-8/h2-3H,4H2,1H3,(H,13,14). The van der Waals surface area contributed by atoms with Crippen LogP contribution in [0.25, 0.3) is 0 Å². The van der Waals surface area contributed by atoms with E-state index >= 15 is 0 Å². The number of aliphatic carboxylic acids is 1. The minimum absolute atomic E-state index is 0.0147. The molecule has 0 amide bonds. The number of hydrogen-bond donors (Lipinski definition) is 1. The zero-order valence-corrected chi connectivity index (χ0v) is 8.43. The van der Waals surface area contributed by atoms with E-state index in [4.69, 9.17) is 10.4 Å². The predicted molar refractivity (Wildman–Crippen MR) is 51.6 cm³/mol. The van der Waals surface area contributed by atoms with Gasteiger partial charge in [0.15, 0.2) is 0 Å². The van der Waals surface area contributed by atoms with Crippen molar-refractivity contribution in [2.45, 2.75) is 6.42 Å². The third-order valence-electron chi connectivity index (χ3n) is 1.75. The average molecular weight is 220 g/mol. The first-order chi connectivity index (χ1) is 7.56. The van der Waals surface area contributed by atoms with Crippen molar-refractivity contribution in [1.82, 2.24) is 4.98 Å². The minimum Gasteiger partial charge on any atom is -0.481 e. The first-order valence-corrected chi connectivity index (χ1v) is 4.28. The van der Waals surface area contributed by atoms with Gasteiger partial charge in [-0.15, -0.1) is 0 Å². The van der Waals surface area contributed by atoms with Crippen LogP contribution < -0.4 is 0 Å². The highest BCUT2D eigenvalue weighted by molar-refractivity contribution is 5.87. The summed E-state index contributed by atoms with van der Waals surface area (Å²) in [6.07, 6.45) is -0.277. The summed E-state index contributed by atoms with van der Waals surface area (Å²) in [7, 11) is 1.18. The molecule has 0 saturated heterocycles. The highest BCUT2D eigenvalue weighted by Gasteiger charge is 2.12. The average Bonchev–Trinajstić information content (AvgIpc) is 2.26. The molecule has 0 radical (unpaired) electrons. The SMILES string of the molecule is COC(=O)c1cc(CC(=O)O)cc(C#N)n1. The van der Waals surface area contributed by atoms with E-state index in [9.17, 15) is 9.59 Å². The van der Waals surface area contributed by atoms with Crippen LogP contribution in [0.1, 0.15) is 21.7 Å². The van der Waals surface area contributed by atoms with Gasteiger partial charge in [0.1, 0.15) is 17.5 Å². The predicted octanol–water partition coefficient (Wildman–Crippen LogP) is 0.367. The van der Waals surface area contributed by atoms with Crippen LogP contribution in [0, 0.1) is 11.3 Å². The molecule has 6 nitrogen and oxygen atoms in total. The van der Waals surface area contributed by atoms with E-state index in [-0.39, 0.29) is 17.8 Å². The number of carbonyl (C=O) groups is 2. The second-order valence-electron chi connectivity index (χ2n) is 2.92. The molecule has 0 aromatic carbocycles. The van der Waals surface area contributed by atoms with Crippen molar-refractivity contribution in [3.05, 3.63) is 29.1 Å². The summed E-state index contributed by atoms with van der Waals surface area (Å²) in [6, 6.07) is 4.36. The number of esters is 1. The van der Waals surface area contributed by atoms with Gasteiger partial charge in [-0.2, -0.15) is 5.26 Å². The number of rotatable bonds is 3. The molecule has 0 aliphatic rings. The van der Waals surface area contributed by atoms with Crippen LogP contribution in [0.15, 0.2) is 12.1 Å². The van der Waals surface area contributed by atoms with E-state index in [1.165, 1.54) is 19.2 Å². The molecule has 6 heteroatoms. The first kappa shape index (κ1) is 11.7. The number of hydrogen-bond acceptors (Lipinski definition) is 5. The fourth-order valence-electron chi connectivity index (χ4n) is 1.13. The number of nitrogens with zero attached hydrogens (tertiary/aromatic N) is 2. The quantitative estimate of drug-likeness (QED) is 0.738. The molecule has 0 spiro atoms. The van der Waals surface area contributed by atoms with Crippen LogP contribution in [0.4, 0.5) is 0 Å². The van der Waals surface area contributed by atoms with Gasteiger partial charge < -0.3 is 9.84 Å². The normalized spacial score (nSPS) is 9.25. The lowest BCUT2D eigenvalue weighted by atomic mass is 10.1. The number of methoxy groups -OCH3 is 1. The second kappa shape index (κ2) is 4.89. The zero-order valence-electron chi connectivity index (χ0n) is 8.43. The first-order valence-electron chi connectivity index (χ1n) is 4.28. The third kappa shape index (κ3) is 2.78. The smallest absolute Gasteiger partial charge is 0.356 e. The lowest BCUT2D eigenvalue weighted by Gasteiger charge is -2.02. The molecule has 0 aliphatic heterocycles. The van der Waals surface area contributed by atoms with Crippen molar-refractivity contribution in [1.29, 1.82) is 5.26 Å². The number of aromatic nitrogens is 1. The molecule has 0 saturated carbocycles. The van der Waals surface area contributed by atoms with Crippen molar-refractivity contribution >= 4 is 11.9 Å². The van der Waals surface area contributed by atoms with Crippen LogP contribution in [0.2, 0.25) is 0 Å². The Hall–Kier alpha value is -2.42. The molecule has 1 aromatic heterocycles. The van der Waals surface area contributed by atoms with Gasteiger partial charge in [-0.05, 0) is 17.7 Å². The van der Waals surface area contributed by atoms with Gasteiger partial charge >= 0.3 is 11.9 Å². The summed E-state index contributed by atoms with van der Waals surface area (Å²) in [5.74, 6) is -1.75. The molecule has 0 unspecified atom stereocenters. The van der Waals surface area contributed by atoms with E-state index in [2.05, 4.69) is 9.72 Å². The lowest BCUT2D eigenvalue weighted by molar-refractivity contribution is -0.136. The highest BCUT2D eigenvalue weighted by Crippen LogP contribution is 2.08. The van der Waals surface area contributed by atoms with Crippen molar-refractivity contribution in [2.24, 2.45) is 0 Å². The van der Waals surface area contributed by atoms with Crippen LogP contribution in [0.3, 0.4) is 0 Å². The molecule has 0 aliphatic carbocycles. The lowest BCUT2D eigenvalue weighted by Crippen LogP contribution is -2.08. The summed E-state index contributed by atoms with van der Waals surface area (Å²) in [6.45, 7) is 0. The van der Waals surface area contributed by atoms with Crippen molar-refractivity contribution in [3.8, 4) is 6.07 Å². The van der Waals surface area contributed by atoms with Crippen LogP contribution >= 0.6 is 0 Å². The van der Waals surface area contributed by atoms with E-state index in [0.717, 1.165) is 0 Å². The van der Waals surface area contributed by atoms with Crippen molar-refractivity contribution in [2.75, 3.05) is 7.11 Å². The minimum atomic E-state index is -1.05. The van der Waals surface area contributed by atoms with Crippen LogP contribution in [-0.2, 0) is 16.0 Å². The molecule has 0 bridgehead atoms. The Balaban J connectivity index is 3.16. The van der Waals surface area contributed by atoms with Gasteiger partial charge in [-0.25, -0.2) is 9.78 Å². The third-order valence-corrected chi connectivity index (χ3v) is 1.75. The van der Waals surface area contributed by atoms with Gasteiger partial charge in [0, 0.05) is 0 Å². The fraction of sp³-hybridized carbons (Fsp3) is 0.200. The molecular weight excluding hydrogens is 212 g/mol. The van der Waals surface area contributed by atoms with Gasteiger partial charge in [0.05, 0.1) is 13.5 Å². The maximum Gasteiger partial charge on any atom is 0.356 e. The topological polar surface area (TPSA) is 100 Å².